The third-order valence-electron chi connectivity index (χ3n) is 4.42. The molecule has 1 aromatic rings. The van der Waals surface area contributed by atoms with E-state index >= 15 is 0 Å². The van der Waals surface area contributed by atoms with Gasteiger partial charge in [0.1, 0.15) is 0 Å². The van der Waals surface area contributed by atoms with E-state index in [-0.39, 0.29) is 0 Å². The average Bonchev–Trinajstić information content (AvgIpc) is 2.81. The van der Waals surface area contributed by atoms with Crippen LogP contribution in [0, 0.1) is 5.92 Å². The maximum Gasteiger partial charge on any atom is 0.0492 e. The van der Waals surface area contributed by atoms with E-state index in [9.17, 15) is 0 Å². The standard InChI is InChI=1S/C15H27N3/c1-16-14(12-13-6-4-3-5-7-13)8-9-15-10-11-17-18(15)2/h10-11,13-14,16H,3-9,12H2,1-2H3. The normalized spacial score (nSPS) is 19.0. The summed E-state index contributed by atoms with van der Waals surface area (Å²) in [6.45, 7) is 0. The molecule has 0 radical (unpaired) electrons. The van der Waals surface area contributed by atoms with Crippen LogP contribution in [0.15, 0.2) is 12.3 Å². The molecule has 0 amide bonds. The molecule has 0 bridgehead atoms. The molecule has 1 fully saturated rings. The van der Waals surface area contributed by atoms with Crippen molar-refractivity contribution in [1.29, 1.82) is 0 Å². The van der Waals surface area contributed by atoms with Crippen LogP contribution < -0.4 is 5.32 Å². The van der Waals surface area contributed by atoms with Crippen molar-refractivity contribution in [2.45, 2.75) is 57.4 Å². The third kappa shape index (κ3) is 3.84. The first-order valence-corrected chi connectivity index (χ1v) is 7.43. The van der Waals surface area contributed by atoms with Gasteiger partial charge in [-0.15, -0.1) is 0 Å². The highest BCUT2D eigenvalue weighted by atomic mass is 15.2. The van der Waals surface area contributed by atoms with Crippen LogP contribution in [0.4, 0.5) is 0 Å². The van der Waals surface area contributed by atoms with E-state index in [1.54, 1.807) is 0 Å². The fourth-order valence-corrected chi connectivity index (χ4v) is 3.17. The summed E-state index contributed by atoms with van der Waals surface area (Å²) in [5.74, 6) is 0.961. The molecule has 3 heteroatoms. The maximum absolute atomic E-state index is 4.23. The molecule has 1 unspecified atom stereocenters. The highest BCUT2D eigenvalue weighted by molar-refractivity contribution is 5.00. The Morgan fingerprint density at radius 3 is 2.78 bits per heavy atom. The van der Waals surface area contributed by atoms with E-state index in [0.29, 0.717) is 6.04 Å². The molecule has 0 aromatic carbocycles. The van der Waals surface area contributed by atoms with Gasteiger partial charge in [0.15, 0.2) is 0 Å². The lowest BCUT2D eigenvalue weighted by Crippen LogP contribution is -2.29. The fraction of sp³-hybridized carbons (Fsp3) is 0.800. The summed E-state index contributed by atoms with van der Waals surface area (Å²) in [5, 5.41) is 7.73. The van der Waals surface area contributed by atoms with Gasteiger partial charge in [0.05, 0.1) is 0 Å². The zero-order chi connectivity index (χ0) is 12.8. The van der Waals surface area contributed by atoms with Crippen molar-refractivity contribution in [3.05, 3.63) is 18.0 Å². The van der Waals surface area contributed by atoms with E-state index in [1.165, 1.54) is 50.6 Å². The van der Waals surface area contributed by atoms with Gasteiger partial charge in [0.25, 0.3) is 0 Å². The molecule has 18 heavy (non-hydrogen) atoms. The number of hydrogen-bond acceptors (Lipinski definition) is 2. The van der Waals surface area contributed by atoms with Gasteiger partial charge in [-0.2, -0.15) is 5.10 Å². The van der Waals surface area contributed by atoms with Crippen LogP contribution in [0.1, 0.15) is 50.6 Å². The highest BCUT2D eigenvalue weighted by Gasteiger charge is 2.18. The Labute approximate surface area is 111 Å². The molecule has 0 spiro atoms. The molecule has 0 aliphatic heterocycles. The molecule has 1 aliphatic rings. The van der Waals surface area contributed by atoms with Crippen molar-refractivity contribution in [3.63, 3.8) is 0 Å². The van der Waals surface area contributed by atoms with Crippen LogP contribution in [-0.4, -0.2) is 22.9 Å². The molecule has 1 aromatic heterocycles. The second-order valence-electron chi connectivity index (χ2n) is 5.71. The molecule has 2 rings (SSSR count). The molecule has 1 heterocycles. The quantitative estimate of drug-likeness (QED) is 0.840. The first-order chi connectivity index (χ1) is 8.79. The predicted molar refractivity (Wildman–Crippen MR) is 75.6 cm³/mol. The number of nitrogens with zero attached hydrogens (tertiary/aromatic N) is 2. The number of aryl methyl sites for hydroxylation is 2. The Hall–Kier alpha value is -0.830. The molecule has 102 valence electrons. The Balaban J connectivity index is 1.76. The maximum atomic E-state index is 4.23. The van der Waals surface area contributed by atoms with Crippen LogP contribution in [0.2, 0.25) is 0 Å². The second-order valence-corrected chi connectivity index (χ2v) is 5.71. The van der Waals surface area contributed by atoms with E-state index in [1.807, 2.05) is 17.9 Å². The van der Waals surface area contributed by atoms with Gasteiger partial charge in [-0.3, -0.25) is 4.68 Å². The van der Waals surface area contributed by atoms with Crippen molar-refractivity contribution < 1.29 is 0 Å². The number of rotatable bonds is 6. The van der Waals surface area contributed by atoms with Crippen molar-refractivity contribution in [3.8, 4) is 0 Å². The van der Waals surface area contributed by atoms with Gasteiger partial charge >= 0.3 is 0 Å². The minimum absolute atomic E-state index is 0.669. The van der Waals surface area contributed by atoms with Gasteiger partial charge in [-0.25, -0.2) is 0 Å². The molecule has 3 nitrogen and oxygen atoms in total. The zero-order valence-corrected chi connectivity index (χ0v) is 11.9. The summed E-state index contributed by atoms with van der Waals surface area (Å²) >= 11 is 0. The molecule has 0 saturated heterocycles. The molecule has 1 aliphatic carbocycles. The SMILES string of the molecule is CNC(CCc1ccnn1C)CC1CCCCC1. The second kappa shape index (κ2) is 6.93. The van der Waals surface area contributed by atoms with E-state index in [2.05, 4.69) is 23.5 Å². The van der Waals surface area contributed by atoms with Crippen LogP contribution >= 0.6 is 0 Å². The van der Waals surface area contributed by atoms with Gasteiger partial charge in [0.2, 0.25) is 0 Å². The van der Waals surface area contributed by atoms with Crippen molar-refractivity contribution in [1.82, 2.24) is 15.1 Å². The van der Waals surface area contributed by atoms with E-state index in [4.69, 9.17) is 0 Å². The highest BCUT2D eigenvalue weighted by Crippen LogP contribution is 2.28. The molecule has 1 saturated carbocycles. The van der Waals surface area contributed by atoms with Gasteiger partial charge in [-0.1, -0.05) is 32.1 Å². The Morgan fingerprint density at radius 2 is 2.17 bits per heavy atom. The molecular weight excluding hydrogens is 222 g/mol. The van der Waals surface area contributed by atoms with Gasteiger partial charge in [-0.05, 0) is 38.3 Å². The Kier molecular flexibility index (Phi) is 5.24. The molecule has 1 atom stereocenters. The lowest BCUT2D eigenvalue weighted by molar-refractivity contribution is 0.297. The Morgan fingerprint density at radius 1 is 1.39 bits per heavy atom. The van der Waals surface area contributed by atoms with Crippen LogP contribution in [0.25, 0.3) is 0 Å². The fourth-order valence-electron chi connectivity index (χ4n) is 3.17. The zero-order valence-electron chi connectivity index (χ0n) is 11.9. The van der Waals surface area contributed by atoms with E-state index < -0.39 is 0 Å². The largest absolute Gasteiger partial charge is 0.317 e. The molecular formula is C15H27N3. The number of aromatic nitrogens is 2. The summed E-state index contributed by atoms with van der Waals surface area (Å²) < 4.78 is 1.99. The summed E-state index contributed by atoms with van der Waals surface area (Å²) in [5.41, 5.74) is 1.35. The summed E-state index contributed by atoms with van der Waals surface area (Å²) in [4.78, 5) is 0. The minimum atomic E-state index is 0.669. The van der Waals surface area contributed by atoms with Crippen LogP contribution in [0.5, 0.6) is 0 Å². The summed E-state index contributed by atoms with van der Waals surface area (Å²) in [6.07, 6.45) is 12.9. The number of nitrogens with one attached hydrogen (secondary N) is 1. The van der Waals surface area contributed by atoms with E-state index in [0.717, 1.165) is 12.3 Å². The number of hydrogen-bond donors (Lipinski definition) is 1. The monoisotopic (exact) mass is 249 g/mol. The van der Waals surface area contributed by atoms with Gasteiger partial charge in [0, 0.05) is 25.0 Å². The smallest absolute Gasteiger partial charge is 0.0492 e. The van der Waals surface area contributed by atoms with Crippen molar-refractivity contribution in [2.75, 3.05) is 7.05 Å². The topological polar surface area (TPSA) is 29.9 Å². The minimum Gasteiger partial charge on any atom is -0.317 e. The van der Waals surface area contributed by atoms with Gasteiger partial charge < -0.3 is 5.32 Å². The van der Waals surface area contributed by atoms with Crippen LogP contribution in [0.3, 0.4) is 0 Å². The predicted octanol–water partition coefficient (Wildman–Crippen LogP) is 2.91. The summed E-state index contributed by atoms with van der Waals surface area (Å²) in [6, 6.07) is 2.80. The average molecular weight is 249 g/mol. The van der Waals surface area contributed by atoms with Crippen molar-refractivity contribution >= 4 is 0 Å². The van der Waals surface area contributed by atoms with Crippen LogP contribution in [-0.2, 0) is 13.5 Å². The first kappa shape index (κ1) is 13.6. The first-order valence-electron chi connectivity index (χ1n) is 7.43. The third-order valence-corrected chi connectivity index (χ3v) is 4.42. The Bertz CT molecular complexity index is 339. The molecule has 1 N–H and O–H groups in total. The lowest BCUT2D eigenvalue weighted by atomic mass is 9.84. The lowest BCUT2D eigenvalue weighted by Gasteiger charge is -2.26. The van der Waals surface area contributed by atoms with Crippen molar-refractivity contribution in [2.24, 2.45) is 13.0 Å². The summed E-state index contributed by atoms with van der Waals surface area (Å²) in [7, 11) is 4.14.